The van der Waals surface area contributed by atoms with E-state index in [1.165, 1.54) is 18.1 Å². The lowest BCUT2D eigenvalue weighted by Gasteiger charge is -2.23. The molecule has 4 rings (SSSR count). The molecule has 7 heteroatoms. The van der Waals surface area contributed by atoms with Gasteiger partial charge in [-0.05, 0) is 61.4 Å². The minimum absolute atomic E-state index is 0.0618. The predicted octanol–water partition coefficient (Wildman–Crippen LogP) is 5.44. The number of nitrogens with zero attached hydrogens (tertiary/aromatic N) is 1. The predicted molar refractivity (Wildman–Crippen MR) is 122 cm³/mol. The molecule has 1 fully saturated rings. The quantitative estimate of drug-likeness (QED) is 0.317. The molecule has 1 atom stereocenters. The number of anilines is 1. The van der Waals surface area contributed by atoms with Crippen molar-refractivity contribution in [2.75, 3.05) is 12.0 Å². The van der Waals surface area contributed by atoms with E-state index < -0.39 is 17.7 Å². The average molecular weight is 452 g/mol. The van der Waals surface area contributed by atoms with Crippen LogP contribution in [0.25, 0.3) is 5.76 Å². The minimum Gasteiger partial charge on any atom is -0.507 e. The standard InChI is InChI=1S/C25H22ClNO5/c1-4-15-6-9-17(10-7-15)27-22(19-12-5-14(2)32-19)21(24(29)25(27)30)23(28)16-8-11-18(26)20(13-16)31-3/h5-13,22,28H,4H2,1-3H3/b23-21-. The number of rotatable bonds is 5. The number of Topliss-reactive ketones (excluding diaryl/α,β-unsaturated/α-hetero) is 1. The van der Waals surface area contributed by atoms with Gasteiger partial charge in [-0.15, -0.1) is 0 Å². The largest absolute Gasteiger partial charge is 0.507 e. The summed E-state index contributed by atoms with van der Waals surface area (Å²) in [6, 6.07) is 14.6. The number of halogens is 1. The summed E-state index contributed by atoms with van der Waals surface area (Å²) in [5.74, 6) is -0.523. The highest BCUT2D eigenvalue weighted by Crippen LogP contribution is 2.43. The second-order valence-electron chi connectivity index (χ2n) is 7.49. The lowest BCUT2D eigenvalue weighted by atomic mass is 9.99. The number of ether oxygens (including phenoxy) is 1. The summed E-state index contributed by atoms with van der Waals surface area (Å²) in [5.41, 5.74) is 1.88. The van der Waals surface area contributed by atoms with Crippen molar-refractivity contribution in [2.45, 2.75) is 26.3 Å². The Kier molecular flexibility index (Phi) is 5.80. The Morgan fingerprint density at radius 1 is 1.12 bits per heavy atom. The highest BCUT2D eigenvalue weighted by molar-refractivity contribution is 6.51. The van der Waals surface area contributed by atoms with Crippen LogP contribution in [-0.4, -0.2) is 23.9 Å². The Morgan fingerprint density at radius 2 is 1.84 bits per heavy atom. The maximum atomic E-state index is 13.1. The van der Waals surface area contributed by atoms with Gasteiger partial charge in [-0.2, -0.15) is 0 Å². The number of hydrogen-bond acceptors (Lipinski definition) is 5. The Balaban J connectivity index is 1.91. The highest BCUT2D eigenvalue weighted by atomic mass is 35.5. The summed E-state index contributed by atoms with van der Waals surface area (Å²) in [5, 5.41) is 11.5. The fourth-order valence-corrected chi connectivity index (χ4v) is 4.02. The minimum atomic E-state index is -0.919. The number of ketones is 1. The van der Waals surface area contributed by atoms with E-state index in [1.54, 1.807) is 43.3 Å². The summed E-state index contributed by atoms with van der Waals surface area (Å²) in [7, 11) is 1.45. The maximum Gasteiger partial charge on any atom is 0.300 e. The molecular weight excluding hydrogens is 430 g/mol. The number of aryl methyl sites for hydroxylation is 2. The van der Waals surface area contributed by atoms with Crippen molar-refractivity contribution >= 4 is 34.7 Å². The number of benzene rings is 2. The first-order chi connectivity index (χ1) is 15.3. The van der Waals surface area contributed by atoms with E-state index in [0.717, 1.165) is 12.0 Å². The molecule has 164 valence electrons. The highest BCUT2D eigenvalue weighted by Gasteiger charge is 2.48. The third-order valence-corrected chi connectivity index (χ3v) is 5.83. The van der Waals surface area contributed by atoms with E-state index in [0.29, 0.717) is 33.5 Å². The molecule has 1 saturated heterocycles. The molecule has 0 spiro atoms. The smallest absolute Gasteiger partial charge is 0.300 e. The van der Waals surface area contributed by atoms with Crippen LogP contribution in [0.1, 0.15) is 35.6 Å². The lowest BCUT2D eigenvalue weighted by molar-refractivity contribution is -0.132. The Bertz CT molecular complexity index is 1230. The van der Waals surface area contributed by atoms with E-state index in [-0.39, 0.29) is 11.3 Å². The van der Waals surface area contributed by atoms with E-state index in [2.05, 4.69) is 0 Å². The third kappa shape index (κ3) is 3.67. The zero-order valence-electron chi connectivity index (χ0n) is 17.9. The zero-order chi connectivity index (χ0) is 23.0. The van der Waals surface area contributed by atoms with Gasteiger partial charge in [-0.1, -0.05) is 30.7 Å². The third-order valence-electron chi connectivity index (χ3n) is 5.52. The number of furan rings is 1. The number of aliphatic hydroxyl groups excluding tert-OH is 1. The van der Waals surface area contributed by atoms with Crippen molar-refractivity contribution in [2.24, 2.45) is 0 Å². The summed E-state index contributed by atoms with van der Waals surface area (Å²) >= 11 is 6.10. The number of carbonyl (C=O) groups is 2. The summed E-state index contributed by atoms with van der Waals surface area (Å²) in [6.45, 7) is 3.81. The molecule has 32 heavy (non-hydrogen) atoms. The fraction of sp³-hybridized carbons (Fsp3) is 0.200. The van der Waals surface area contributed by atoms with Crippen LogP contribution in [-0.2, 0) is 16.0 Å². The molecule has 1 aliphatic heterocycles. The molecule has 2 heterocycles. The van der Waals surface area contributed by atoms with Crippen molar-refractivity contribution < 1.29 is 23.8 Å². The monoisotopic (exact) mass is 451 g/mol. The van der Waals surface area contributed by atoms with Crippen LogP contribution in [0.2, 0.25) is 5.02 Å². The van der Waals surface area contributed by atoms with Crippen LogP contribution in [0, 0.1) is 6.92 Å². The number of methoxy groups -OCH3 is 1. The second-order valence-corrected chi connectivity index (χ2v) is 7.89. The van der Waals surface area contributed by atoms with Gasteiger partial charge < -0.3 is 14.3 Å². The number of hydrogen-bond donors (Lipinski definition) is 1. The summed E-state index contributed by atoms with van der Waals surface area (Å²) in [6.07, 6.45) is 0.846. The molecule has 1 N–H and O–H groups in total. The van der Waals surface area contributed by atoms with Gasteiger partial charge in [-0.3, -0.25) is 14.5 Å². The van der Waals surface area contributed by atoms with Crippen molar-refractivity contribution in [3.63, 3.8) is 0 Å². The van der Waals surface area contributed by atoms with Gasteiger partial charge >= 0.3 is 0 Å². The van der Waals surface area contributed by atoms with Crippen LogP contribution in [0.15, 0.2) is 64.6 Å². The van der Waals surface area contributed by atoms with Crippen molar-refractivity contribution in [1.82, 2.24) is 0 Å². The molecule has 0 bridgehead atoms. The molecule has 1 amide bonds. The molecule has 0 radical (unpaired) electrons. The Labute approximate surface area is 190 Å². The molecule has 1 aromatic heterocycles. The number of amides is 1. The van der Waals surface area contributed by atoms with Crippen molar-refractivity contribution in [3.05, 3.63) is 87.8 Å². The molecule has 0 saturated carbocycles. The Morgan fingerprint density at radius 3 is 2.44 bits per heavy atom. The molecule has 3 aromatic rings. The van der Waals surface area contributed by atoms with Crippen molar-refractivity contribution in [3.8, 4) is 5.75 Å². The second kappa shape index (κ2) is 8.55. The van der Waals surface area contributed by atoms with E-state index >= 15 is 0 Å². The molecule has 6 nitrogen and oxygen atoms in total. The first-order valence-corrected chi connectivity index (χ1v) is 10.5. The SMILES string of the molecule is CCc1ccc(N2C(=O)C(=O)/C(=C(\O)c3ccc(Cl)c(OC)c3)C2c2ccc(C)o2)cc1. The van der Waals surface area contributed by atoms with E-state index in [4.69, 9.17) is 20.8 Å². The zero-order valence-corrected chi connectivity index (χ0v) is 18.6. The molecule has 1 unspecified atom stereocenters. The molecule has 0 aliphatic carbocycles. The molecule has 1 aliphatic rings. The van der Waals surface area contributed by atoms with Gasteiger partial charge in [0, 0.05) is 11.3 Å². The molecule has 2 aromatic carbocycles. The lowest BCUT2D eigenvalue weighted by Crippen LogP contribution is -2.29. The van der Waals surface area contributed by atoms with Gasteiger partial charge in [0.1, 0.15) is 29.1 Å². The van der Waals surface area contributed by atoms with Crippen LogP contribution in [0.5, 0.6) is 5.75 Å². The first kappa shape index (κ1) is 21.7. The Hall–Kier alpha value is -3.51. The number of carbonyl (C=O) groups excluding carboxylic acids is 2. The van der Waals surface area contributed by atoms with Crippen LogP contribution in [0.3, 0.4) is 0 Å². The van der Waals surface area contributed by atoms with Crippen LogP contribution >= 0.6 is 11.6 Å². The van der Waals surface area contributed by atoms with E-state index in [1.807, 2.05) is 19.1 Å². The van der Waals surface area contributed by atoms with Crippen molar-refractivity contribution in [1.29, 1.82) is 0 Å². The van der Waals surface area contributed by atoms with Crippen LogP contribution in [0.4, 0.5) is 5.69 Å². The fourth-order valence-electron chi connectivity index (χ4n) is 3.82. The first-order valence-electron chi connectivity index (χ1n) is 10.2. The van der Waals surface area contributed by atoms with Crippen LogP contribution < -0.4 is 9.64 Å². The summed E-state index contributed by atoms with van der Waals surface area (Å²) in [4.78, 5) is 27.6. The van der Waals surface area contributed by atoms with Gasteiger partial charge in [0.05, 0.1) is 17.7 Å². The van der Waals surface area contributed by atoms with Gasteiger partial charge in [0.2, 0.25) is 0 Å². The molecular formula is C25H22ClNO5. The maximum absolute atomic E-state index is 13.1. The number of aliphatic hydroxyl groups is 1. The van der Waals surface area contributed by atoms with Gasteiger partial charge in [0.15, 0.2) is 0 Å². The average Bonchev–Trinajstić information content (AvgIpc) is 3.34. The van der Waals surface area contributed by atoms with Gasteiger partial charge in [0.25, 0.3) is 11.7 Å². The van der Waals surface area contributed by atoms with E-state index in [9.17, 15) is 14.7 Å². The van der Waals surface area contributed by atoms with Gasteiger partial charge in [-0.25, -0.2) is 0 Å². The topological polar surface area (TPSA) is 80.0 Å². The normalized spacial score (nSPS) is 17.8. The summed E-state index contributed by atoms with van der Waals surface area (Å²) < 4.78 is 11.0.